The summed E-state index contributed by atoms with van der Waals surface area (Å²) >= 11 is 0. The third kappa shape index (κ3) is 4.09. The number of hydrogen-bond acceptors (Lipinski definition) is 5. The van der Waals surface area contributed by atoms with Crippen molar-refractivity contribution in [3.63, 3.8) is 0 Å². The maximum Gasteiger partial charge on any atom is 0.197 e. The molecule has 7 nitrogen and oxygen atoms in total. The number of H-pyrrole nitrogens is 1. The van der Waals surface area contributed by atoms with E-state index < -0.39 is 0 Å². The molecule has 1 fully saturated rings. The molecule has 0 saturated heterocycles. The van der Waals surface area contributed by atoms with Gasteiger partial charge in [0.2, 0.25) is 0 Å². The van der Waals surface area contributed by atoms with Crippen molar-refractivity contribution in [2.45, 2.75) is 44.9 Å². The number of methoxy groups -OCH3 is 1. The van der Waals surface area contributed by atoms with Gasteiger partial charge in [-0.3, -0.25) is 4.79 Å². The molecule has 1 N–H and O–H groups in total. The molecule has 1 aliphatic rings. The smallest absolute Gasteiger partial charge is 0.197 e. The van der Waals surface area contributed by atoms with Gasteiger partial charge in [-0.05, 0) is 74.0 Å². The van der Waals surface area contributed by atoms with Crippen molar-refractivity contribution in [2.24, 2.45) is 5.92 Å². The molecule has 178 valence electrons. The quantitative estimate of drug-likeness (QED) is 0.400. The van der Waals surface area contributed by atoms with Crippen molar-refractivity contribution in [1.29, 1.82) is 0 Å². The lowest BCUT2D eigenvalue weighted by molar-refractivity contribution is -0.121. The number of aromatic nitrogens is 4. The highest BCUT2D eigenvalue weighted by molar-refractivity contribution is 5.92. The Kier molecular flexibility index (Phi) is 5.90. The van der Waals surface area contributed by atoms with Gasteiger partial charge >= 0.3 is 0 Å². The van der Waals surface area contributed by atoms with E-state index in [1.54, 1.807) is 18.0 Å². The molecular formula is C27H33N5O2. The molecule has 4 aromatic rings. The van der Waals surface area contributed by atoms with E-state index in [1.807, 2.05) is 31.3 Å². The highest BCUT2D eigenvalue weighted by Crippen LogP contribution is 2.45. The predicted molar refractivity (Wildman–Crippen MR) is 135 cm³/mol. The Morgan fingerprint density at radius 1 is 1.26 bits per heavy atom. The van der Waals surface area contributed by atoms with Gasteiger partial charge in [-0.2, -0.15) is 5.10 Å². The molecule has 34 heavy (non-hydrogen) atoms. The Morgan fingerprint density at radius 3 is 2.76 bits per heavy atom. The average Bonchev–Trinajstić information content (AvgIpc) is 3.38. The van der Waals surface area contributed by atoms with Gasteiger partial charge < -0.3 is 14.6 Å². The third-order valence-electron chi connectivity index (χ3n) is 7.01. The summed E-state index contributed by atoms with van der Waals surface area (Å²) in [4.78, 5) is 22.1. The zero-order valence-electron chi connectivity index (χ0n) is 20.6. The maximum absolute atomic E-state index is 12.2. The normalized spacial score (nSPS) is 18.2. The second-order valence-corrected chi connectivity index (χ2v) is 10.2. The first-order valence-electron chi connectivity index (χ1n) is 12.0. The van der Waals surface area contributed by atoms with Crippen LogP contribution in [0.2, 0.25) is 0 Å². The van der Waals surface area contributed by atoms with Crippen LogP contribution in [0.3, 0.4) is 0 Å². The van der Waals surface area contributed by atoms with E-state index in [2.05, 4.69) is 47.1 Å². The van der Waals surface area contributed by atoms with Gasteiger partial charge in [0.1, 0.15) is 12.1 Å². The molecule has 0 bridgehead atoms. The van der Waals surface area contributed by atoms with Gasteiger partial charge in [0.05, 0.1) is 19.3 Å². The summed E-state index contributed by atoms with van der Waals surface area (Å²) in [6.07, 6.45) is 6.44. The predicted octanol–water partition coefficient (Wildman–Crippen LogP) is 5.02. The van der Waals surface area contributed by atoms with E-state index in [0.29, 0.717) is 47.9 Å². The number of rotatable bonds is 8. The Bertz CT molecular complexity index is 1340. The molecular weight excluding hydrogens is 426 g/mol. The fourth-order valence-corrected chi connectivity index (χ4v) is 5.41. The number of hydrogen-bond donors (Lipinski definition) is 1. The number of aromatic amines is 1. The Labute approximate surface area is 200 Å². The minimum atomic E-state index is 0.342. The van der Waals surface area contributed by atoms with Crippen LogP contribution in [-0.2, 0) is 4.79 Å². The fraction of sp³-hybridized carbons (Fsp3) is 0.444. The first-order valence-corrected chi connectivity index (χ1v) is 12.0. The van der Waals surface area contributed by atoms with Crippen molar-refractivity contribution in [3.8, 4) is 17.0 Å². The van der Waals surface area contributed by atoms with Gasteiger partial charge in [0.15, 0.2) is 11.4 Å². The number of Topliss-reactive ketones (excluding diaryl/α,β-unsaturated/α-hetero) is 1. The monoisotopic (exact) mass is 459 g/mol. The highest BCUT2D eigenvalue weighted by Gasteiger charge is 2.32. The summed E-state index contributed by atoms with van der Waals surface area (Å²) < 4.78 is 7.35. The standard InChI is InChI=1S/C27H33N5O2/c1-16(2)25-22-11-18(19-8-17(9-19)10-21(33)14-31(3)4)6-7-23(22)30-26(25)20-12-24(34-5)27-28-15-29-32(27)13-20/h6-7,11-13,15-17,19,30H,8-10,14H2,1-5H3. The molecule has 0 aliphatic heterocycles. The number of carbonyl (C=O) groups is 1. The largest absolute Gasteiger partial charge is 0.493 e. The molecule has 3 heterocycles. The minimum absolute atomic E-state index is 0.342. The molecule has 3 aromatic heterocycles. The minimum Gasteiger partial charge on any atom is -0.493 e. The number of nitrogens with zero attached hydrogens (tertiary/aromatic N) is 4. The van der Waals surface area contributed by atoms with Crippen molar-refractivity contribution in [1.82, 2.24) is 24.5 Å². The van der Waals surface area contributed by atoms with E-state index in [4.69, 9.17) is 4.74 Å². The van der Waals surface area contributed by atoms with Crippen LogP contribution in [0.1, 0.15) is 56.1 Å². The van der Waals surface area contributed by atoms with E-state index in [0.717, 1.165) is 29.6 Å². The van der Waals surface area contributed by atoms with E-state index in [1.165, 1.54) is 16.5 Å². The third-order valence-corrected chi connectivity index (χ3v) is 7.01. The van der Waals surface area contributed by atoms with Crippen molar-refractivity contribution in [3.05, 3.63) is 47.9 Å². The number of pyridine rings is 1. The first-order chi connectivity index (χ1) is 16.3. The van der Waals surface area contributed by atoms with E-state index in [9.17, 15) is 4.79 Å². The summed E-state index contributed by atoms with van der Waals surface area (Å²) in [7, 11) is 5.57. The molecule has 5 rings (SSSR count). The lowest BCUT2D eigenvalue weighted by atomic mass is 9.69. The number of nitrogens with one attached hydrogen (secondary N) is 1. The number of fused-ring (bicyclic) bond motifs is 2. The molecule has 7 heteroatoms. The summed E-state index contributed by atoms with van der Waals surface area (Å²) in [5, 5.41) is 5.60. The van der Waals surface area contributed by atoms with Crippen LogP contribution in [0.4, 0.5) is 0 Å². The number of likely N-dealkylation sites (N-methyl/N-ethyl adjacent to an activating group) is 1. The first kappa shape index (κ1) is 22.6. The van der Waals surface area contributed by atoms with Crippen LogP contribution in [0.15, 0.2) is 36.8 Å². The van der Waals surface area contributed by atoms with Crippen molar-refractivity contribution >= 4 is 22.3 Å². The summed E-state index contributed by atoms with van der Waals surface area (Å²) in [6.45, 7) is 5.02. The van der Waals surface area contributed by atoms with Crippen LogP contribution in [-0.4, -0.2) is 58.0 Å². The van der Waals surface area contributed by atoms with Gasteiger partial charge in [0.25, 0.3) is 0 Å². The fourth-order valence-electron chi connectivity index (χ4n) is 5.41. The molecule has 0 atom stereocenters. The molecule has 1 aromatic carbocycles. The second kappa shape index (κ2) is 8.87. The highest BCUT2D eigenvalue weighted by atomic mass is 16.5. The van der Waals surface area contributed by atoms with E-state index >= 15 is 0 Å². The second-order valence-electron chi connectivity index (χ2n) is 10.2. The Morgan fingerprint density at radius 2 is 2.06 bits per heavy atom. The van der Waals surface area contributed by atoms with Crippen LogP contribution in [0.25, 0.3) is 27.8 Å². The lowest BCUT2D eigenvalue weighted by Crippen LogP contribution is -2.28. The number of benzene rings is 1. The van der Waals surface area contributed by atoms with Gasteiger partial charge in [-0.1, -0.05) is 19.9 Å². The van der Waals surface area contributed by atoms with Gasteiger partial charge in [-0.25, -0.2) is 9.50 Å². The number of ether oxygens (including phenoxy) is 1. The molecule has 1 aliphatic carbocycles. The molecule has 0 radical (unpaired) electrons. The molecule has 1 saturated carbocycles. The topological polar surface area (TPSA) is 75.5 Å². The van der Waals surface area contributed by atoms with Gasteiger partial charge in [0, 0.05) is 29.1 Å². The number of ketones is 1. The molecule has 0 unspecified atom stereocenters. The Hall–Kier alpha value is -3.19. The zero-order valence-corrected chi connectivity index (χ0v) is 20.6. The van der Waals surface area contributed by atoms with Gasteiger partial charge in [-0.15, -0.1) is 0 Å². The van der Waals surface area contributed by atoms with Crippen molar-refractivity contribution in [2.75, 3.05) is 27.7 Å². The summed E-state index contributed by atoms with van der Waals surface area (Å²) in [5.74, 6) is 2.44. The maximum atomic E-state index is 12.2. The lowest BCUT2D eigenvalue weighted by Gasteiger charge is -2.35. The van der Waals surface area contributed by atoms with Crippen LogP contribution in [0.5, 0.6) is 5.75 Å². The van der Waals surface area contributed by atoms with Crippen LogP contribution in [0, 0.1) is 5.92 Å². The summed E-state index contributed by atoms with van der Waals surface area (Å²) in [5.41, 5.74) is 6.64. The number of carbonyl (C=O) groups excluding carboxylic acids is 1. The van der Waals surface area contributed by atoms with Crippen LogP contribution >= 0.6 is 0 Å². The molecule has 0 spiro atoms. The van der Waals surface area contributed by atoms with E-state index in [-0.39, 0.29) is 0 Å². The Balaban J connectivity index is 1.45. The molecule has 0 amide bonds. The average molecular weight is 460 g/mol. The van der Waals surface area contributed by atoms with Crippen LogP contribution < -0.4 is 4.74 Å². The zero-order chi connectivity index (χ0) is 24.0. The van der Waals surface area contributed by atoms with Crippen molar-refractivity contribution < 1.29 is 9.53 Å². The SMILES string of the molecule is COc1cc(-c2[nH]c3ccc(C4CC(CC(=O)CN(C)C)C4)cc3c2C(C)C)cn2ncnc12. The summed E-state index contributed by atoms with van der Waals surface area (Å²) in [6, 6.07) is 8.84.